The molecule has 4 rings (SSSR count). The zero-order chi connectivity index (χ0) is 19.2. The average molecular weight is 377 g/mol. The molecule has 1 saturated heterocycles. The van der Waals surface area contributed by atoms with E-state index >= 15 is 0 Å². The number of tetrazole rings is 1. The molecule has 0 spiro atoms. The Morgan fingerprint density at radius 3 is 2.64 bits per heavy atom. The van der Waals surface area contributed by atoms with E-state index in [9.17, 15) is 4.79 Å². The standard InChI is InChI=1S/C21H23N5O2/c27-21(19-10-8-17(9-11-19)13-26-16-22-23-24-26)25-12-4-7-20(14-25)28-15-18-5-2-1-3-6-18/h1-3,5-6,8-11,16,20H,4,7,12-15H2/t20-/m0/s1. The Labute approximate surface area is 163 Å². The quantitative estimate of drug-likeness (QED) is 0.660. The SMILES string of the molecule is O=C(c1ccc(Cn2cnnn2)cc1)N1CCC[C@H](OCc2ccccc2)C1. The maximum Gasteiger partial charge on any atom is 0.253 e. The number of carbonyl (C=O) groups excluding carboxylic acids is 1. The minimum absolute atomic E-state index is 0.0574. The molecule has 7 nitrogen and oxygen atoms in total. The summed E-state index contributed by atoms with van der Waals surface area (Å²) in [6, 6.07) is 17.8. The highest BCUT2D eigenvalue weighted by molar-refractivity contribution is 5.94. The molecule has 1 aliphatic rings. The molecule has 1 amide bonds. The summed E-state index contributed by atoms with van der Waals surface area (Å²) in [7, 11) is 0. The first-order valence-electron chi connectivity index (χ1n) is 9.52. The van der Waals surface area contributed by atoms with Gasteiger partial charge >= 0.3 is 0 Å². The summed E-state index contributed by atoms with van der Waals surface area (Å²) in [4.78, 5) is 14.8. The number of hydrogen-bond acceptors (Lipinski definition) is 5. The van der Waals surface area contributed by atoms with Gasteiger partial charge in [0.1, 0.15) is 6.33 Å². The number of nitrogens with zero attached hydrogens (tertiary/aromatic N) is 5. The second-order valence-electron chi connectivity index (χ2n) is 7.02. The van der Waals surface area contributed by atoms with E-state index < -0.39 is 0 Å². The van der Waals surface area contributed by atoms with Gasteiger partial charge < -0.3 is 9.64 Å². The molecule has 0 radical (unpaired) electrons. The molecule has 1 aromatic heterocycles. The molecule has 0 saturated carbocycles. The van der Waals surface area contributed by atoms with E-state index in [1.807, 2.05) is 47.4 Å². The first-order valence-corrected chi connectivity index (χ1v) is 9.52. The van der Waals surface area contributed by atoms with Gasteiger partial charge in [0.2, 0.25) is 0 Å². The zero-order valence-corrected chi connectivity index (χ0v) is 15.6. The second kappa shape index (κ2) is 8.75. The molecule has 0 N–H and O–H groups in total. The van der Waals surface area contributed by atoms with E-state index in [1.54, 1.807) is 11.0 Å². The van der Waals surface area contributed by atoms with Gasteiger partial charge in [-0.3, -0.25) is 4.79 Å². The molecular formula is C21H23N5O2. The molecule has 2 heterocycles. The molecule has 1 atom stereocenters. The van der Waals surface area contributed by atoms with Crippen LogP contribution in [0.3, 0.4) is 0 Å². The van der Waals surface area contributed by atoms with Crippen molar-refractivity contribution in [1.29, 1.82) is 0 Å². The third-order valence-electron chi connectivity index (χ3n) is 4.93. The van der Waals surface area contributed by atoms with Crippen LogP contribution in [-0.2, 0) is 17.9 Å². The number of rotatable bonds is 6. The summed E-state index contributed by atoms with van der Waals surface area (Å²) in [5, 5.41) is 11.1. The number of carbonyl (C=O) groups is 1. The second-order valence-corrected chi connectivity index (χ2v) is 7.02. The van der Waals surface area contributed by atoms with Crippen molar-refractivity contribution in [1.82, 2.24) is 25.1 Å². The fourth-order valence-corrected chi connectivity index (χ4v) is 3.42. The molecule has 1 fully saturated rings. The van der Waals surface area contributed by atoms with Crippen LogP contribution in [0.5, 0.6) is 0 Å². The number of likely N-dealkylation sites (tertiary alicyclic amines) is 1. The Morgan fingerprint density at radius 1 is 1.07 bits per heavy atom. The molecule has 0 unspecified atom stereocenters. The van der Waals surface area contributed by atoms with Crippen LogP contribution in [0.15, 0.2) is 60.9 Å². The number of benzene rings is 2. The Bertz CT molecular complexity index is 881. The number of piperidine rings is 1. The summed E-state index contributed by atoms with van der Waals surface area (Å²) < 4.78 is 7.70. The van der Waals surface area contributed by atoms with E-state index in [2.05, 4.69) is 27.7 Å². The van der Waals surface area contributed by atoms with E-state index in [0.29, 0.717) is 25.3 Å². The molecule has 7 heteroatoms. The maximum atomic E-state index is 12.9. The first kappa shape index (κ1) is 18.3. The molecular weight excluding hydrogens is 354 g/mol. The minimum atomic E-state index is 0.0574. The monoisotopic (exact) mass is 377 g/mol. The topological polar surface area (TPSA) is 73.1 Å². The van der Waals surface area contributed by atoms with Gasteiger partial charge in [-0.1, -0.05) is 42.5 Å². The van der Waals surface area contributed by atoms with E-state index in [0.717, 1.165) is 30.5 Å². The summed E-state index contributed by atoms with van der Waals surface area (Å²) in [5.74, 6) is 0.0574. The Morgan fingerprint density at radius 2 is 1.89 bits per heavy atom. The number of ether oxygens (including phenoxy) is 1. The normalized spacial score (nSPS) is 16.9. The molecule has 28 heavy (non-hydrogen) atoms. The fourth-order valence-electron chi connectivity index (χ4n) is 3.42. The lowest BCUT2D eigenvalue weighted by Gasteiger charge is -2.32. The van der Waals surface area contributed by atoms with Gasteiger partial charge in [-0.15, -0.1) is 5.10 Å². The minimum Gasteiger partial charge on any atom is -0.372 e. The van der Waals surface area contributed by atoms with Gasteiger partial charge in [-0.2, -0.15) is 0 Å². The van der Waals surface area contributed by atoms with Crippen molar-refractivity contribution in [3.8, 4) is 0 Å². The predicted octanol–water partition coefficient (Wildman–Crippen LogP) is 2.54. The smallest absolute Gasteiger partial charge is 0.253 e. The third kappa shape index (κ3) is 4.61. The van der Waals surface area contributed by atoms with Crippen LogP contribution < -0.4 is 0 Å². The van der Waals surface area contributed by atoms with Gasteiger partial charge in [-0.25, -0.2) is 4.68 Å². The summed E-state index contributed by atoms with van der Waals surface area (Å²) in [6.45, 7) is 2.58. The predicted molar refractivity (Wildman–Crippen MR) is 104 cm³/mol. The van der Waals surface area contributed by atoms with Gasteiger partial charge in [0.25, 0.3) is 5.91 Å². The van der Waals surface area contributed by atoms with Crippen molar-refractivity contribution >= 4 is 5.91 Å². The van der Waals surface area contributed by atoms with E-state index in [1.165, 1.54) is 0 Å². The highest BCUT2D eigenvalue weighted by atomic mass is 16.5. The van der Waals surface area contributed by atoms with Gasteiger partial charge in [-0.05, 0) is 46.5 Å². The molecule has 0 aliphatic carbocycles. The zero-order valence-electron chi connectivity index (χ0n) is 15.6. The van der Waals surface area contributed by atoms with E-state index in [4.69, 9.17) is 4.74 Å². The lowest BCUT2D eigenvalue weighted by Crippen LogP contribution is -2.43. The number of amides is 1. The van der Waals surface area contributed by atoms with Crippen LogP contribution in [0, 0.1) is 0 Å². The van der Waals surface area contributed by atoms with E-state index in [-0.39, 0.29) is 12.0 Å². The highest BCUT2D eigenvalue weighted by Crippen LogP contribution is 2.18. The van der Waals surface area contributed by atoms with Crippen molar-refractivity contribution in [2.45, 2.75) is 32.1 Å². The van der Waals surface area contributed by atoms with Gasteiger partial charge in [0.05, 0.1) is 19.3 Å². The molecule has 144 valence electrons. The van der Waals surface area contributed by atoms with Crippen molar-refractivity contribution in [3.63, 3.8) is 0 Å². The Hall–Kier alpha value is -3.06. The van der Waals surface area contributed by atoms with Crippen LogP contribution in [0.25, 0.3) is 0 Å². The van der Waals surface area contributed by atoms with Crippen molar-refractivity contribution in [3.05, 3.63) is 77.6 Å². The van der Waals surface area contributed by atoms with Crippen LogP contribution in [0.1, 0.15) is 34.3 Å². The van der Waals surface area contributed by atoms with Crippen LogP contribution in [0.4, 0.5) is 0 Å². The van der Waals surface area contributed by atoms with Crippen LogP contribution in [-0.4, -0.2) is 50.2 Å². The largest absolute Gasteiger partial charge is 0.372 e. The number of aromatic nitrogens is 4. The average Bonchev–Trinajstić information content (AvgIpc) is 3.26. The summed E-state index contributed by atoms with van der Waals surface area (Å²) >= 11 is 0. The maximum absolute atomic E-state index is 12.9. The molecule has 1 aliphatic heterocycles. The van der Waals surface area contributed by atoms with Crippen molar-refractivity contribution in [2.75, 3.05) is 13.1 Å². The first-order chi connectivity index (χ1) is 13.8. The van der Waals surface area contributed by atoms with Gasteiger partial charge in [0, 0.05) is 18.7 Å². The summed E-state index contributed by atoms with van der Waals surface area (Å²) in [6.07, 6.45) is 3.60. The van der Waals surface area contributed by atoms with Crippen molar-refractivity contribution in [2.24, 2.45) is 0 Å². The third-order valence-corrected chi connectivity index (χ3v) is 4.93. The molecule has 3 aromatic rings. The highest BCUT2D eigenvalue weighted by Gasteiger charge is 2.25. The van der Waals surface area contributed by atoms with Crippen LogP contribution in [0.2, 0.25) is 0 Å². The molecule has 2 aromatic carbocycles. The lowest BCUT2D eigenvalue weighted by atomic mass is 10.1. The number of hydrogen-bond donors (Lipinski definition) is 0. The lowest BCUT2D eigenvalue weighted by molar-refractivity contribution is -0.00672. The molecule has 0 bridgehead atoms. The van der Waals surface area contributed by atoms with Crippen LogP contribution >= 0.6 is 0 Å². The summed E-state index contributed by atoms with van der Waals surface area (Å²) in [5.41, 5.74) is 2.90. The van der Waals surface area contributed by atoms with Crippen molar-refractivity contribution < 1.29 is 9.53 Å². The van der Waals surface area contributed by atoms with Gasteiger partial charge in [0.15, 0.2) is 0 Å². The fraction of sp³-hybridized carbons (Fsp3) is 0.333. The Kier molecular flexibility index (Phi) is 5.72. The Balaban J connectivity index is 1.33.